The van der Waals surface area contributed by atoms with Gasteiger partial charge in [-0.2, -0.15) is 8.78 Å². The minimum Gasteiger partial charge on any atom is -0.461 e. The van der Waals surface area contributed by atoms with Gasteiger partial charge in [0.05, 0.1) is 17.6 Å². The molecule has 0 saturated carbocycles. The minimum absolute atomic E-state index is 0.0894. The third kappa shape index (κ3) is 2.76. The number of benzene rings is 3. The summed E-state index contributed by atoms with van der Waals surface area (Å²) in [7, 11) is 0. The van der Waals surface area contributed by atoms with E-state index in [2.05, 4.69) is 4.74 Å². The van der Waals surface area contributed by atoms with E-state index in [4.69, 9.17) is 0 Å². The molecule has 1 heterocycles. The molecular formula is C22H17F2NO2. The van der Waals surface area contributed by atoms with E-state index in [0.717, 1.165) is 27.5 Å². The first-order valence-corrected chi connectivity index (χ1v) is 8.68. The Morgan fingerprint density at radius 2 is 1.41 bits per heavy atom. The van der Waals surface area contributed by atoms with Crippen LogP contribution >= 0.6 is 0 Å². The topological polar surface area (TPSA) is 31.2 Å². The third-order valence-corrected chi connectivity index (χ3v) is 4.60. The van der Waals surface area contributed by atoms with E-state index in [-0.39, 0.29) is 12.2 Å². The summed E-state index contributed by atoms with van der Waals surface area (Å²) in [5, 5.41) is 2.18. The smallest absolute Gasteiger partial charge is 0.381 e. The number of rotatable bonds is 4. The van der Waals surface area contributed by atoms with Crippen molar-refractivity contribution in [1.82, 2.24) is 4.57 Å². The molecule has 5 heteroatoms. The molecule has 0 fully saturated rings. The molecule has 0 aliphatic heterocycles. The van der Waals surface area contributed by atoms with E-state index in [1.807, 2.05) is 53.1 Å². The Hall–Kier alpha value is -3.21. The van der Waals surface area contributed by atoms with Crippen molar-refractivity contribution in [2.45, 2.75) is 12.8 Å². The fourth-order valence-corrected chi connectivity index (χ4v) is 3.36. The average Bonchev–Trinajstić information content (AvgIpc) is 3.03. The van der Waals surface area contributed by atoms with Crippen LogP contribution in [0.25, 0.3) is 27.5 Å². The molecule has 0 amide bonds. The summed E-state index contributed by atoms with van der Waals surface area (Å²) in [6, 6.07) is 21.7. The van der Waals surface area contributed by atoms with Crippen LogP contribution in [0.1, 0.15) is 12.5 Å². The van der Waals surface area contributed by atoms with Crippen LogP contribution in [0.4, 0.5) is 8.78 Å². The first-order valence-electron chi connectivity index (χ1n) is 8.68. The minimum atomic E-state index is -3.67. The van der Waals surface area contributed by atoms with E-state index in [0.29, 0.717) is 0 Å². The highest BCUT2D eigenvalue weighted by molar-refractivity contribution is 6.09. The molecule has 3 aromatic carbocycles. The Bertz CT molecular complexity index is 1080. The van der Waals surface area contributed by atoms with Crippen LogP contribution in [0.2, 0.25) is 0 Å². The summed E-state index contributed by atoms with van der Waals surface area (Å²) in [4.78, 5) is 11.6. The van der Waals surface area contributed by atoms with E-state index < -0.39 is 11.9 Å². The Labute approximate surface area is 154 Å². The quantitative estimate of drug-likeness (QED) is 0.451. The molecule has 0 saturated heterocycles. The summed E-state index contributed by atoms with van der Waals surface area (Å²) < 4.78 is 35.0. The lowest BCUT2D eigenvalue weighted by molar-refractivity contribution is -0.173. The van der Waals surface area contributed by atoms with Crippen molar-refractivity contribution >= 4 is 27.8 Å². The maximum atomic E-state index is 14.2. The van der Waals surface area contributed by atoms with Gasteiger partial charge in [0.15, 0.2) is 0 Å². The zero-order valence-corrected chi connectivity index (χ0v) is 14.7. The maximum absolute atomic E-state index is 14.2. The summed E-state index contributed by atoms with van der Waals surface area (Å²) in [6.45, 7) is 1.41. The van der Waals surface area contributed by atoms with Gasteiger partial charge in [-0.05, 0) is 31.2 Å². The normalized spacial score (nSPS) is 11.8. The van der Waals surface area contributed by atoms with Crippen molar-refractivity contribution in [1.29, 1.82) is 0 Å². The molecule has 4 rings (SSSR count). The average molecular weight is 365 g/mol. The standard InChI is InChI=1S/C22H17F2NO2/c1-2-27-21(26)22(23,24)15-11-13-16(14-12-15)25-19-9-5-3-7-17(19)18-8-4-6-10-20(18)25/h3-14H,2H2,1H3. The number of halogens is 2. The van der Waals surface area contributed by atoms with Gasteiger partial charge < -0.3 is 9.30 Å². The predicted molar refractivity (Wildman–Crippen MR) is 101 cm³/mol. The van der Waals surface area contributed by atoms with Crippen LogP contribution in [-0.4, -0.2) is 17.1 Å². The maximum Gasteiger partial charge on any atom is 0.381 e. The number of nitrogens with zero attached hydrogens (tertiary/aromatic N) is 1. The van der Waals surface area contributed by atoms with E-state index >= 15 is 0 Å². The Morgan fingerprint density at radius 1 is 0.889 bits per heavy atom. The second kappa shape index (κ2) is 6.50. The molecule has 0 unspecified atom stereocenters. The van der Waals surface area contributed by atoms with E-state index in [1.54, 1.807) is 12.1 Å². The van der Waals surface area contributed by atoms with Crippen molar-refractivity contribution in [2.75, 3.05) is 6.61 Å². The van der Waals surface area contributed by atoms with Gasteiger partial charge in [0.2, 0.25) is 0 Å². The highest BCUT2D eigenvalue weighted by Crippen LogP contribution is 2.34. The van der Waals surface area contributed by atoms with Gasteiger partial charge in [0.25, 0.3) is 0 Å². The second-order valence-electron chi connectivity index (χ2n) is 6.21. The zero-order chi connectivity index (χ0) is 19.0. The molecule has 0 atom stereocenters. The lowest BCUT2D eigenvalue weighted by atomic mass is 10.1. The monoisotopic (exact) mass is 365 g/mol. The second-order valence-corrected chi connectivity index (χ2v) is 6.21. The SMILES string of the molecule is CCOC(=O)C(F)(F)c1ccc(-n2c3ccccc3c3ccccc32)cc1. The van der Waals surface area contributed by atoms with Crippen LogP contribution in [0.15, 0.2) is 72.8 Å². The number of esters is 1. The van der Waals surface area contributed by atoms with Gasteiger partial charge in [-0.3, -0.25) is 0 Å². The third-order valence-electron chi connectivity index (χ3n) is 4.60. The molecular weight excluding hydrogens is 348 g/mol. The van der Waals surface area contributed by atoms with Crippen LogP contribution in [0.5, 0.6) is 0 Å². The first-order chi connectivity index (χ1) is 13.0. The lowest BCUT2D eigenvalue weighted by Gasteiger charge is -2.16. The molecule has 0 aliphatic rings. The molecule has 1 aromatic heterocycles. The number of carbonyl (C=O) groups is 1. The number of alkyl halides is 2. The van der Waals surface area contributed by atoms with Gasteiger partial charge in [-0.1, -0.05) is 48.5 Å². The van der Waals surface area contributed by atoms with Gasteiger partial charge >= 0.3 is 11.9 Å². The Kier molecular flexibility index (Phi) is 4.15. The number of hydrogen-bond acceptors (Lipinski definition) is 2. The van der Waals surface area contributed by atoms with Gasteiger partial charge in [-0.15, -0.1) is 0 Å². The number of ether oxygens (including phenoxy) is 1. The van der Waals surface area contributed by atoms with Gasteiger partial charge in [0, 0.05) is 22.0 Å². The first kappa shape index (κ1) is 17.2. The van der Waals surface area contributed by atoms with Gasteiger partial charge in [0.1, 0.15) is 0 Å². The van der Waals surface area contributed by atoms with Crippen molar-refractivity contribution in [3.05, 3.63) is 78.4 Å². The fraction of sp³-hybridized carbons (Fsp3) is 0.136. The number of hydrogen-bond donors (Lipinski definition) is 0. The van der Waals surface area contributed by atoms with Crippen molar-refractivity contribution < 1.29 is 18.3 Å². The molecule has 0 spiro atoms. The molecule has 0 bridgehead atoms. The van der Waals surface area contributed by atoms with Crippen molar-refractivity contribution in [3.8, 4) is 5.69 Å². The summed E-state index contributed by atoms with van der Waals surface area (Å²) in [6.07, 6.45) is 0. The molecule has 0 N–H and O–H groups in total. The Balaban J connectivity index is 1.84. The highest BCUT2D eigenvalue weighted by atomic mass is 19.3. The molecule has 0 radical (unpaired) electrons. The van der Waals surface area contributed by atoms with E-state index in [9.17, 15) is 13.6 Å². The van der Waals surface area contributed by atoms with Crippen LogP contribution in [0.3, 0.4) is 0 Å². The van der Waals surface area contributed by atoms with Crippen LogP contribution in [0, 0.1) is 0 Å². The molecule has 136 valence electrons. The summed E-state index contributed by atoms with van der Waals surface area (Å²) >= 11 is 0. The number of para-hydroxylation sites is 2. The molecule has 27 heavy (non-hydrogen) atoms. The molecule has 0 aliphatic carbocycles. The summed E-state index contributed by atoms with van der Waals surface area (Å²) in [5.41, 5.74) is 2.34. The molecule has 4 aromatic rings. The van der Waals surface area contributed by atoms with Crippen LogP contribution < -0.4 is 0 Å². The number of aromatic nitrogens is 1. The number of carbonyl (C=O) groups excluding carboxylic acids is 1. The fourth-order valence-electron chi connectivity index (χ4n) is 3.36. The molecule has 3 nitrogen and oxygen atoms in total. The van der Waals surface area contributed by atoms with Crippen LogP contribution in [-0.2, 0) is 15.5 Å². The zero-order valence-electron chi connectivity index (χ0n) is 14.7. The van der Waals surface area contributed by atoms with Gasteiger partial charge in [-0.25, -0.2) is 4.79 Å². The lowest BCUT2D eigenvalue weighted by Crippen LogP contribution is -2.28. The summed E-state index contributed by atoms with van der Waals surface area (Å²) in [5.74, 6) is -5.20. The highest BCUT2D eigenvalue weighted by Gasteiger charge is 2.42. The van der Waals surface area contributed by atoms with Crippen molar-refractivity contribution in [3.63, 3.8) is 0 Å². The number of fused-ring (bicyclic) bond motifs is 3. The Morgan fingerprint density at radius 3 is 1.93 bits per heavy atom. The van der Waals surface area contributed by atoms with Crippen molar-refractivity contribution in [2.24, 2.45) is 0 Å². The largest absolute Gasteiger partial charge is 0.461 e. The van der Waals surface area contributed by atoms with E-state index in [1.165, 1.54) is 19.1 Å². The predicted octanol–water partition coefficient (Wildman–Crippen LogP) is 5.44.